The van der Waals surface area contributed by atoms with Gasteiger partial charge in [0.2, 0.25) is 0 Å². The lowest BCUT2D eigenvalue weighted by molar-refractivity contribution is 0.0384. The number of benzene rings is 3. The van der Waals surface area contributed by atoms with E-state index in [1.54, 1.807) is 30.3 Å². The van der Waals surface area contributed by atoms with Gasteiger partial charge < -0.3 is 14.2 Å². The van der Waals surface area contributed by atoms with E-state index in [0.717, 1.165) is 11.1 Å². The zero-order chi connectivity index (χ0) is 24.5. The minimum Gasteiger partial charge on any atom is -0.445 e. The highest BCUT2D eigenvalue weighted by Crippen LogP contribution is 2.20. The van der Waals surface area contributed by atoms with Crippen molar-refractivity contribution in [3.05, 3.63) is 102 Å². The summed E-state index contributed by atoms with van der Waals surface area (Å²) in [6.45, 7) is 1.18. The van der Waals surface area contributed by atoms with Crippen molar-refractivity contribution in [2.45, 2.75) is 30.3 Å². The second-order valence-corrected chi connectivity index (χ2v) is 10.4. The summed E-state index contributed by atoms with van der Waals surface area (Å²) in [4.78, 5) is 14.8. The molecule has 0 bridgehead atoms. The van der Waals surface area contributed by atoms with Gasteiger partial charge in [-0.3, -0.25) is 4.90 Å². The predicted molar refractivity (Wildman–Crippen MR) is 131 cm³/mol. The van der Waals surface area contributed by atoms with Crippen LogP contribution in [0.2, 0.25) is 0 Å². The van der Waals surface area contributed by atoms with Crippen molar-refractivity contribution >= 4 is 15.9 Å². The van der Waals surface area contributed by atoms with Crippen LogP contribution in [0.15, 0.2) is 95.9 Å². The van der Waals surface area contributed by atoms with Crippen LogP contribution in [-0.4, -0.2) is 57.1 Å². The number of epoxide rings is 1. The van der Waals surface area contributed by atoms with Crippen molar-refractivity contribution in [2.24, 2.45) is 0 Å². The topological polar surface area (TPSA) is 85.4 Å². The first-order chi connectivity index (χ1) is 17.0. The lowest BCUT2D eigenvalue weighted by Crippen LogP contribution is -2.48. The summed E-state index contributed by atoms with van der Waals surface area (Å²) in [5.74, 6) is -0.293. The molecule has 1 aliphatic heterocycles. The van der Waals surface area contributed by atoms with Crippen LogP contribution < -0.4 is 0 Å². The van der Waals surface area contributed by atoms with Gasteiger partial charge in [-0.25, -0.2) is 13.2 Å². The van der Waals surface area contributed by atoms with Crippen molar-refractivity contribution in [2.75, 3.05) is 25.5 Å². The number of amides is 1. The minimum atomic E-state index is -3.69. The molecule has 1 saturated heterocycles. The molecule has 1 heterocycles. The SMILES string of the molecule is O=C(OCc1ccccc1)N(C[C@H]1CO1)[C@H](COCc1ccccc1)CS(=O)(=O)c1ccccc1. The van der Waals surface area contributed by atoms with Crippen molar-refractivity contribution in [1.82, 2.24) is 4.90 Å². The third-order valence-corrected chi connectivity index (χ3v) is 7.43. The molecule has 0 aliphatic carbocycles. The molecule has 1 amide bonds. The number of rotatable bonds is 12. The summed E-state index contributed by atoms with van der Waals surface area (Å²) >= 11 is 0. The Kier molecular flexibility index (Phi) is 8.52. The van der Waals surface area contributed by atoms with Crippen LogP contribution in [0.4, 0.5) is 4.79 Å². The molecular formula is C27H29NO6S. The zero-order valence-electron chi connectivity index (χ0n) is 19.4. The van der Waals surface area contributed by atoms with Crippen LogP contribution in [0.25, 0.3) is 0 Å². The second-order valence-electron chi connectivity index (χ2n) is 8.40. The Hall–Kier alpha value is -3.20. The number of hydrogen-bond acceptors (Lipinski definition) is 6. The van der Waals surface area contributed by atoms with Crippen LogP contribution in [0.3, 0.4) is 0 Å². The molecule has 0 unspecified atom stereocenters. The van der Waals surface area contributed by atoms with Crippen LogP contribution >= 0.6 is 0 Å². The summed E-state index contributed by atoms with van der Waals surface area (Å²) in [5.41, 5.74) is 1.80. The average Bonchev–Trinajstić information content (AvgIpc) is 3.71. The van der Waals surface area contributed by atoms with Gasteiger partial charge in [-0.2, -0.15) is 0 Å². The van der Waals surface area contributed by atoms with E-state index in [1.165, 1.54) is 4.90 Å². The Bertz CT molecular complexity index is 1170. The third kappa shape index (κ3) is 7.65. The number of ether oxygens (including phenoxy) is 3. The maximum Gasteiger partial charge on any atom is 0.410 e. The van der Waals surface area contributed by atoms with Gasteiger partial charge in [-0.05, 0) is 23.3 Å². The van der Waals surface area contributed by atoms with E-state index in [4.69, 9.17) is 14.2 Å². The summed E-state index contributed by atoms with van der Waals surface area (Å²) in [5, 5.41) is 0. The maximum atomic E-state index is 13.2. The number of sulfone groups is 1. The molecule has 0 aromatic heterocycles. The monoisotopic (exact) mass is 495 g/mol. The fraction of sp³-hybridized carbons (Fsp3) is 0.296. The highest BCUT2D eigenvalue weighted by Gasteiger charge is 2.36. The Balaban J connectivity index is 1.51. The molecule has 35 heavy (non-hydrogen) atoms. The van der Waals surface area contributed by atoms with E-state index >= 15 is 0 Å². The first-order valence-corrected chi connectivity index (χ1v) is 13.1. The van der Waals surface area contributed by atoms with E-state index in [0.29, 0.717) is 13.2 Å². The molecule has 1 aliphatic rings. The Morgan fingerprint density at radius 2 is 1.43 bits per heavy atom. The fourth-order valence-electron chi connectivity index (χ4n) is 3.66. The molecule has 0 saturated carbocycles. The van der Waals surface area contributed by atoms with Gasteiger partial charge in [0.15, 0.2) is 9.84 Å². The van der Waals surface area contributed by atoms with Crippen molar-refractivity contribution in [3.63, 3.8) is 0 Å². The molecule has 4 rings (SSSR count). The molecule has 2 atom stereocenters. The van der Waals surface area contributed by atoms with Crippen molar-refractivity contribution < 1.29 is 27.4 Å². The van der Waals surface area contributed by atoms with Crippen molar-refractivity contribution in [1.29, 1.82) is 0 Å². The Labute approximate surface area is 206 Å². The summed E-state index contributed by atoms with van der Waals surface area (Å²) < 4.78 is 43.3. The lowest BCUT2D eigenvalue weighted by Gasteiger charge is -2.30. The van der Waals surface area contributed by atoms with E-state index in [9.17, 15) is 13.2 Å². The van der Waals surface area contributed by atoms with E-state index in [1.807, 2.05) is 60.7 Å². The second kappa shape index (κ2) is 12.0. The summed E-state index contributed by atoms with van der Waals surface area (Å²) in [7, 11) is -3.69. The molecule has 1 fully saturated rings. The third-order valence-electron chi connectivity index (χ3n) is 5.62. The number of hydrogen-bond donors (Lipinski definition) is 0. The van der Waals surface area contributed by atoms with Crippen LogP contribution in [-0.2, 0) is 37.3 Å². The minimum absolute atomic E-state index is 0.0358. The van der Waals surface area contributed by atoms with Gasteiger partial charge in [0, 0.05) is 0 Å². The molecule has 8 heteroatoms. The molecule has 0 radical (unpaired) electrons. The highest BCUT2D eigenvalue weighted by molar-refractivity contribution is 7.91. The average molecular weight is 496 g/mol. The molecule has 3 aromatic carbocycles. The van der Waals surface area contributed by atoms with Crippen molar-refractivity contribution in [3.8, 4) is 0 Å². The molecule has 184 valence electrons. The van der Waals surface area contributed by atoms with Crippen LogP contribution in [0.5, 0.6) is 0 Å². The molecule has 7 nitrogen and oxygen atoms in total. The standard InChI is InChI=1S/C27H29NO6S/c29-27(34-18-23-12-6-2-7-13-23)28(16-25-20-33-25)24(19-32-17-22-10-4-1-5-11-22)21-35(30,31)26-14-8-3-9-15-26/h1-15,24-25H,16-21H2/t24-,25+/m1/s1. The van der Waals surface area contributed by atoms with E-state index in [-0.39, 0.29) is 36.5 Å². The first-order valence-electron chi connectivity index (χ1n) is 11.5. The summed E-state index contributed by atoms with van der Waals surface area (Å²) in [6.07, 6.45) is -0.740. The quantitative estimate of drug-likeness (QED) is 0.352. The van der Waals surface area contributed by atoms with Crippen LogP contribution in [0.1, 0.15) is 11.1 Å². The smallest absolute Gasteiger partial charge is 0.410 e. The normalized spacial score (nSPS) is 15.8. The Morgan fingerprint density at radius 3 is 2.00 bits per heavy atom. The van der Waals surface area contributed by atoms with Crippen LogP contribution in [0, 0.1) is 0 Å². The summed E-state index contributed by atoms with van der Waals surface area (Å²) in [6, 6.07) is 26.4. The van der Waals surface area contributed by atoms with E-state index in [2.05, 4.69) is 0 Å². The van der Waals surface area contributed by atoms with Gasteiger partial charge in [-0.1, -0.05) is 78.9 Å². The van der Waals surface area contributed by atoms with Gasteiger partial charge in [0.05, 0.1) is 49.2 Å². The molecule has 3 aromatic rings. The largest absolute Gasteiger partial charge is 0.445 e. The Morgan fingerprint density at radius 1 is 0.886 bits per heavy atom. The zero-order valence-corrected chi connectivity index (χ0v) is 20.2. The van der Waals surface area contributed by atoms with Gasteiger partial charge in [0.25, 0.3) is 0 Å². The number of carbonyl (C=O) groups is 1. The number of nitrogens with zero attached hydrogens (tertiary/aromatic N) is 1. The van der Waals surface area contributed by atoms with Gasteiger partial charge >= 0.3 is 6.09 Å². The highest BCUT2D eigenvalue weighted by atomic mass is 32.2. The molecule has 0 N–H and O–H groups in total. The number of carbonyl (C=O) groups excluding carboxylic acids is 1. The molecule has 0 spiro atoms. The first kappa shape index (κ1) is 24.9. The van der Waals surface area contributed by atoms with Gasteiger partial charge in [0.1, 0.15) is 6.61 Å². The maximum absolute atomic E-state index is 13.2. The van der Waals surface area contributed by atoms with E-state index < -0.39 is 22.0 Å². The fourth-order valence-corrected chi connectivity index (χ4v) is 5.21. The molecular weight excluding hydrogens is 466 g/mol. The lowest BCUT2D eigenvalue weighted by atomic mass is 10.2. The predicted octanol–water partition coefficient (Wildman–Crippen LogP) is 4.08. The van der Waals surface area contributed by atoms with Gasteiger partial charge in [-0.15, -0.1) is 0 Å².